The van der Waals surface area contributed by atoms with Crippen LogP contribution in [0.1, 0.15) is 232 Å². The molecule has 0 aromatic carbocycles. The van der Waals surface area contributed by atoms with Crippen molar-refractivity contribution < 1.29 is 37.6 Å². The second-order valence-electron chi connectivity index (χ2n) is 16.0. The molecule has 0 saturated heterocycles. The van der Waals surface area contributed by atoms with E-state index < -0.39 is 26.5 Å². The largest absolute Gasteiger partial charge is 0.472 e. The number of esters is 2. The summed E-state index contributed by atoms with van der Waals surface area (Å²) in [4.78, 5) is 35.0. The highest BCUT2D eigenvalue weighted by Gasteiger charge is 2.26. The number of phosphoric acid groups is 1. The number of rotatable bonds is 45. The van der Waals surface area contributed by atoms with Crippen molar-refractivity contribution in [2.45, 2.75) is 238 Å². The van der Waals surface area contributed by atoms with Gasteiger partial charge in [0.05, 0.1) is 13.2 Å². The van der Waals surface area contributed by atoms with Gasteiger partial charge in [0.25, 0.3) is 0 Å². The first kappa shape index (κ1) is 55.5. The SMILES string of the molecule is CCCCCC=CCC=CCCCCCCCCCCCC(=O)OCC(COP(=O)(O)OCCN)OC(=O)CCCCCCCCCCCCCCCCCCC. The Balaban J connectivity index is 4.07. The molecule has 0 heterocycles. The number of carbonyl (C=O) groups excluding carboxylic acids is 2. The fourth-order valence-corrected chi connectivity index (χ4v) is 7.55. The zero-order valence-electron chi connectivity index (χ0n) is 37.1. The number of unbranched alkanes of at least 4 members (excludes halogenated alkanes) is 28. The smallest absolute Gasteiger partial charge is 0.462 e. The minimum atomic E-state index is -4.38. The second-order valence-corrected chi connectivity index (χ2v) is 17.4. The Morgan fingerprint density at radius 2 is 0.912 bits per heavy atom. The maximum atomic E-state index is 12.6. The van der Waals surface area contributed by atoms with Gasteiger partial charge in [-0.1, -0.05) is 199 Å². The molecular formula is C47H90NO8P. The summed E-state index contributed by atoms with van der Waals surface area (Å²) in [5.74, 6) is -0.822. The molecule has 0 saturated carbocycles. The number of phosphoric ester groups is 1. The van der Waals surface area contributed by atoms with Crippen LogP contribution in [0, 0.1) is 0 Å². The lowest BCUT2D eigenvalue weighted by atomic mass is 10.0. The van der Waals surface area contributed by atoms with E-state index in [9.17, 15) is 19.0 Å². The molecule has 0 aliphatic rings. The molecule has 0 aliphatic heterocycles. The fourth-order valence-electron chi connectivity index (χ4n) is 6.78. The van der Waals surface area contributed by atoms with Gasteiger partial charge in [-0.2, -0.15) is 0 Å². The van der Waals surface area contributed by atoms with E-state index in [1.807, 2.05) is 0 Å². The molecule has 0 aromatic rings. The van der Waals surface area contributed by atoms with Gasteiger partial charge in [-0.3, -0.25) is 18.6 Å². The van der Waals surface area contributed by atoms with Crippen molar-refractivity contribution in [1.29, 1.82) is 0 Å². The Morgan fingerprint density at radius 3 is 1.37 bits per heavy atom. The van der Waals surface area contributed by atoms with E-state index in [-0.39, 0.29) is 38.6 Å². The van der Waals surface area contributed by atoms with E-state index in [1.165, 1.54) is 161 Å². The molecule has 3 N–H and O–H groups in total. The molecule has 2 unspecified atom stereocenters. The maximum absolute atomic E-state index is 12.6. The van der Waals surface area contributed by atoms with Crippen LogP contribution in [-0.4, -0.2) is 49.3 Å². The van der Waals surface area contributed by atoms with Crippen LogP contribution in [0.2, 0.25) is 0 Å². The van der Waals surface area contributed by atoms with Crippen LogP contribution in [0.25, 0.3) is 0 Å². The van der Waals surface area contributed by atoms with Gasteiger partial charge < -0.3 is 20.1 Å². The summed E-state index contributed by atoms with van der Waals surface area (Å²) in [6, 6.07) is 0. The van der Waals surface area contributed by atoms with E-state index >= 15 is 0 Å². The van der Waals surface area contributed by atoms with E-state index in [1.54, 1.807) is 0 Å². The van der Waals surface area contributed by atoms with Gasteiger partial charge >= 0.3 is 19.8 Å². The summed E-state index contributed by atoms with van der Waals surface area (Å²) in [5.41, 5.74) is 5.36. The Bertz CT molecular complexity index is 990. The number of ether oxygens (including phenoxy) is 2. The molecular weight excluding hydrogens is 737 g/mol. The Labute approximate surface area is 351 Å². The molecule has 10 heteroatoms. The Hall–Kier alpha value is -1.51. The van der Waals surface area contributed by atoms with Crippen LogP contribution >= 0.6 is 7.82 Å². The fraction of sp³-hybridized carbons (Fsp3) is 0.872. The van der Waals surface area contributed by atoms with Crippen molar-refractivity contribution in [2.24, 2.45) is 5.73 Å². The summed E-state index contributed by atoms with van der Waals surface area (Å²) in [7, 11) is -4.38. The average molecular weight is 828 g/mol. The lowest BCUT2D eigenvalue weighted by Gasteiger charge is -2.19. The van der Waals surface area contributed by atoms with Crippen molar-refractivity contribution in [3.63, 3.8) is 0 Å². The molecule has 336 valence electrons. The molecule has 0 radical (unpaired) electrons. The molecule has 57 heavy (non-hydrogen) atoms. The van der Waals surface area contributed by atoms with Crippen molar-refractivity contribution >= 4 is 19.8 Å². The van der Waals surface area contributed by atoms with Crippen molar-refractivity contribution in [3.8, 4) is 0 Å². The lowest BCUT2D eigenvalue weighted by Crippen LogP contribution is -2.29. The van der Waals surface area contributed by atoms with Crippen molar-refractivity contribution in [2.75, 3.05) is 26.4 Å². The van der Waals surface area contributed by atoms with Crippen LogP contribution in [0.3, 0.4) is 0 Å². The highest BCUT2D eigenvalue weighted by molar-refractivity contribution is 7.47. The normalized spacial score (nSPS) is 13.4. The third kappa shape index (κ3) is 43.9. The van der Waals surface area contributed by atoms with Crippen LogP contribution in [-0.2, 0) is 32.7 Å². The lowest BCUT2D eigenvalue weighted by molar-refractivity contribution is -0.161. The number of hydrogen-bond acceptors (Lipinski definition) is 8. The van der Waals surface area contributed by atoms with E-state index in [2.05, 4.69) is 38.2 Å². The summed E-state index contributed by atoms with van der Waals surface area (Å²) < 4.78 is 32.9. The van der Waals surface area contributed by atoms with Crippen LogP contribution in [0.4, 0.5) is 0 Å². The minimum Gasteiger partial charge on any atom is -0.462 e. The maximum Gasteiger partial charge on any atom is 0.472 e. The quantitative estimate of drug-likeness (QED) is 0.0266. The Kier molecular flexibility index (Phi) is 42.9. The first-order valence-electron chi connectivity index (χ1n) is 23.8. The van der Waals surface area contributed by atoms with Gasteiger partial charge in [0.15, 0.2) is 6.10 Å². The number of hydrogen-bond donors (Lipinski definition) is 2. The van der Waals surface area contributed by atoms with E-state index in [0.29, 0.717) is 6.42 Å². The first-order chi connectivity index (χ1) is 27.8. The third-order valence-electron chi connectivity index (χ3n) is 10.3. The van der Waals surface area contributed by atoms with Crippen LogP contribution in [0.5, 0.6) is 0 Å². The molecule has 0 aliphatic carbocycles. The zero-order chi connectivity index (χ0) is 41.8. The summed E-state index contributed by atoms with van der Waals surface area (Å²) in [5, 5.41) is 0. The summed E-state index contributed by atoms with van der Waals surface area (Å²) in [6.07, 6.45) is 47.7. The second kappa shape index (κ2) is 44.1. The molecule has 2 atom stereocenters. The molecule has 0 rings (SSSR count). The number of allylic oxidation sites excluding steroid dienone is 4. The van der Waals surface area contributed by atoms with Crippen LogP contribution in [0.15, 0.2) is 24.3 Å². The highest BCUT2D eigenvalue weighted by atomic mass is 31.2. The Morgan fingerprint density at radius 1 is 0.526 bits per heavy atom. The van der Waals surface area contributed by atoms with Gasteiger partial charge in [-0.25, -0.2) is 4.57 Å². The van der Waals surface area contributed by atoms with Gasteiger partial charge in [-0.15, -0.1) is 0 Å². The standard InChI is InChI=1S/C47H90NO8P/c1-3-5-7-9-11-13-15-17-19-21-22-24-25-27-29-31-33-35-37-39-46(49)53-43-45(44-55-57(51,52)54-42-41-48)56-47(50)40-38-36-34-32-30-28-26-23-20-18-16-14-12-10-8-6-4-2/h11,13,17,19,45H,3-10,12,14-16,18,20-44,48H2,1-2H3,(H,51,52). The minimum absolute atomic E-state index is 0.0548. The summed E-state index contributed by atoms with van der Waals surface area (Å²) >= 11 is 0. The summed E-state index contributed by atoms with van der Waals surface area (Å²) in [6.45, 7) is 3.74. The van der Waals surface area contributed by atoms with E-state index in [0.717, 1.165) is 38.5 Å². The molecule has 0 spiro atoms. The average Bonchev–Trinajstić information content (AvgIpc) is 3.20. The first-order valence-corrected chi connectivity index (χ1v) is 25.3. The predicted molar refractivity (Wildman–Crippen MR) is 238 cm³/mol. The molecule has 0 aromatic heterocycles. The highest BCUT2D eigenvalue weighted by Crippen LogP contribution is 2.43. The number of carbonyl (C=O) groups is 2. The van der Waals surface area contributed by atoms with E-state index in [4.69, 9.17) is 24.3 Å². The number of nitrogens with two attached hydrogens (primary N) is 1. The molecule has 9 nitrogen and oxygen atoms in total. The van der Waals surface area contributed by atoms with Gasteiger partial charge in [0.1, 0.15) is 6.61 Å². The van der Waals surface area contributed by atoms with Crippen LogP contribution < -0.4 is 5.73 Å². The van der Waals surface area contributed by atoms with Gasteiger partial charge in [-0.05, 0) is 44.9 Å². The third-order valence-corrected chi connectivity index (χ3v) is 11.3. The molecule has 0 fully saturated rings. The molecule has 0 bridgehead atoms. The molecule has 0 amide bonds. The topological polar surface area (TPSA) is 134 Å². The van der Waals surface area contributed by atoms with Gasteiger partial charge in [0.2, 0.25) is 0 Å². The zero-order valence-corrected chi connectivity index (χ0v) is 38.0. The van der Waals surface area contributed by atoms with Gasteiger partial charge in [0, 0.05) is 19.4 Å². The van der Waals surface area contributed by atoms with Crippen molar-refractivity contribution in [1.82, 2.24) is 0 Å². The monoisotopic (exact) mass is 828 g/mol. The van der Waals surface area contributed by atoms with Crippen molar-refractivity contribution in [3.05, 3.63) is 24.3 Å². The predicted octanol–water partition coefficient (Wildman–Crippen LogP) is 13.9.